The molecule has 2 unspecified atom stereocenters. The molecule has 3 heteroatoms. The fourth-order valence-electron chi connectivity index (χ4n) is 4.94. The van der Waals surface area contributed by atoms with E-state index in [9.17, 15) is 4.79 Å². The summed E-state index contributed by atoms with van der Waals surface area (Å²) in [6, 6.07) is 0. The van der Waals surface area contributed by atoms with Crippen LogP contribution >= 0.6 is 0 Å². The first-order valence-electron chi connectivity index (χ1n) is 13.8. The van der Waals surface area contributed by atoms with E-state index in [4.69, 9.17) is 4.99 Å². The molecule has 1 aliphatic carbocycles. The molecule has 1 heterocycles. The number of ketones is 1. The Balaban J connectivity index is 2.46. The molecule has 0 spiro atoms. The number of carbonyl (C=O) groups is 1. The Labute approximate surface area is 231 Å². The minimum atomic E-state index is -0.110. The molecule has 1 saturated carbocycles. The van der Waals surface area contributed by atoms with Gasteiger partial charge in [-0.15, -0.1) is 0 Å². The molecule has 38 heavy (non-hydrogen) atoms. The molecular formula is C35H46N2O. The van der Waals surface area contributed by atoms with Crippen LogP contribution in [0.3, 0.4) is 0 Å². The van der Waals surface area contributed by atoms with Crippen molar-refractivity contribution in [3.05, 3.63) is 108 Å². The van der Waals surface area contributed by atoms with Gasteiger partial charge in [0.05, 0.1) is 11.4 Å². The summed E-state index contributed by atoms with van der Waals surface area (Å²) in [5.74, 6) is 0.528. The maximum atomic E-state index is 12.9. The van der Waals surface area contributed by atoms with E-state index in [2.05, 4.69) is 70.3 Å². The molecular weight excluding hydrogens is 464 g/mol. The van der Waals surface area contributed by atoms with Crippen molar-refractivity contribution < 1.29 is 4.79 Å². The zero-order chi connectivity index (χ0) is 28.2. The third-order valence-corrected chi connectivity index (χ3v) is 7.43. The van der Waals surface area contributed by atoms with Crippen LogP contribution in [-0.2, 0) is 4.79 Å². The molecule has 2 aliphatic rings. The molecule has 1 fully saturated rings. The summed E-state index contributed by atoms with van der Waals surface area (Å²) in [6.07, 6.45) is 21.0. The van der Waals surface area contributed by atoms with Crippen LogP contribution in [0.5, 0.6) is 0 Å². The summed E-state index contributed by atoms with van der Waals surface area (Å²) in [5.41, 5.74) is 8.45. The Hall–Kier alpha value is -3.33. The summed E-state index contributed by atoms with van der Waals surface area (Å²) >= 11 is 0. The maximum absolute atomic E-state index is 12.9. The number of allylic oxidation sites excluding steroid dienone is 13. The zero-order valence-electron chi connectivity index (χ0n) is 24.3. The Morgan fingerprint density at radius 3 is 2.63 bits per heavy atom. The standard InChI is InChI=1S/C35H46N2O/c1-10-24(4)20-27(7)32(26(6)11-2)22-33(36-9)34-23-35(38)28(8)21-31(37-34)19-18-29(12-3)30-15-13-14-25(5)16-17-30/h10,12,18-20,22-23,27,30H,1,5-6,8,11,13-17,21H2,2-4,7,9H3/b19-18-,24-20-,29-12+,32-22-,36-33?. The highest BCUT2D eigenvalue weighted by Crippen LogP contribution is 2.31. The highest BCUT2D eigenvalue weighted by Gasteiger charge is 2.19. The lowest BCUT2D eigenvalue weighted by Crippen LogP contribution is -2.07. The number of nitrogens with zero attached hydrogens (tertiary/aromatic N) is 2. The molecule has 0 aromatic rings. The summed E-state index contributed by atoms with van der Waals surface area (Å²) in [4.78, 5) is 22.4. The van der Waals surface area contributed by atoms with Crippen LogP contribution in [0, 0.1) is 11.8 Å². The number of carbonyl (C=O) groups excluding carboxylic acids is 1. The summed E-state index contributed by atoms with van der Waals surface area (Å²) in [5, 5.41) is 0. The predicted octanol–water partition coefficient (Wildman–Crippen LogP) is 9.21. The third kappa shape index (κ3) is 8.90. The van der Waals surface area contributed by atoms with E-state index >= 15 is 0 Å². The second-order valence-corrected chi connectivity index (χ2v) is 10.3. The molecule has 0 N–H and O–H groups in total. The van der Waals surface area contributed by atoms with E-state index in [0.717, 1.165) is 48.1 Å². The highest BCUT2D eigenvalue weighted by atomic mass is 16.1. The monoisotopic (exact) mass is 510 g/mol. The SMILES string of the molecule is C=C/C(C)=C\C(C)/C(=C\C(=NC)C1=CC(=O)C(=C)CC(/C=C\C(=C/C)C2CCCC(=C)CC2)=N1)C(=C)CC. The van der Waals surface area contributed by atoms with Crippen molar-refractivity contribution in [2.24, 2.45) is 21.8 Å². The average molecular weight is 511 g/mol. The fraction of sp³-hybridized carbons (Fsp3) is 0.400. The van der Waals surface area contributed by atoms with Crippen molar-refractivity contribution in [1.82, 2.24) is 0 Å². The van der Waals surface area contributed by atoms with Crippen LogP contribution in [0.25, 0.3) is 0 Å². The second-order valence-electron chi connectivity index (χ2n) is 10.3. The number of hydrogen-bond acceptors (Lipinski definition) is 3. The molecule has 3 nitrogen and oxygen atoms in total. The number of hydrogen-bond donors (Lipinski definition) is 0. The summed E-state index contributed by atoms with van der Waals surface area (Å²) < 4.78 is 0. The smallest absolute Gasteiger partial charge is 0.183 e. The van der Waals surface area contributed by atoms with Gasteiger partial charge in [0.1, 0.15) is 0 Å². The highest BCUT2D eigenvalue weighted by molar-refractivity contribution is 6.19. The van der Waals surface area contributed by atoms with Crippen LogP contribution in [0.4, 0.5) is 0 Å². The first-order valence-corrected chi connectivity index (χ1v) is 13.8. The van der Waals surface area contributed by atoms with Gasteiger partial charge in [-0.25, -0.2) is 0 Å². The van der Waals surface area contributed by atoms with E-state index in [1.54, 1.807) is 13.1 Å². The molecule has 0 bridgehead atoms. The lowest BCUT2D eigenvalue weighted by Gasteiger charge is -2.16. The van der Waals surface area contributed by atoms with Gasteiger partial charge >= 0.3 is 0 Å². The number of aliphatic imine (C=N–C) groups is 2. The van der Waals surface area contributed by atoms with Crippen molar-refractivity contribution in [3.8, 4) is 0 Å². The van der Waals surface area contributed by atoms with Gasteiger partial charge < -0.3 is 0 Å². The minimum absolute atomic E-state index is 0.110. The van der Waals surface area contributed by atoms with Crippen molar-refractivity contribution in [3.63, 3.8) is 0 Å². The van der Waals surface area contributed by atoms with E-state index in [1.165, 1.54) is 24.0 Å². The second kappa shape index (κ2) is 15.2. The average Bonchev–Trinajstić information content (AvgIpc) is 3.20. The Kier molecular flexibility index (Phi) is 12.3. The van der Waals surface area contributed by atoms with Gasteiger partial charge in [-0.3, -0.25) is 14.8 Å². The van der Waals surface area contributed by atoms with Crippen molar-refractivity contribution in [2.75, 3.05) is 7.05 Å². The van der Waals surface area contributed by atoms with E-state index in [-0.39, 0.29) is 11.7 Å². The van der Waals surface area contributed by atoms with Crippen LogP contribution in [0.15, 0.2) is 118 Å². The van der Waals surface area contributed by atoms with Gasteiger partial charge in [-0.1, -0.05) is 81.2 Å². The Morgan fingerprint density at radius 1 is 1.26 bits per heavy atom. The van der Waals surface area contributed by atoms with Gasteiger partial charge in [-0.2, -0.15) is 0 Å². The normalized spacial score (nSPS) is 21.6. The maximum Gasteiger partial charge on any atom is 0.183 e. The van der Waals surface area contributed by atoms with E-state index < -0.39 is 0 Å². The van der Waals surface area contributed by atoms with Gasteiger partial charge in [0.25, 0.3) is 0 Å². The summed E-state index contributed by atoms with van der Waals surface area (Å²) in [6.45, 7) is 24.8. The molecule has 0 amide bonds. The van der Waals surface area contributed by atoms with Crippen molar-refractivity contribution >= 4 is 17.2 Å². The molecule has 1 aliphatic heterocycles. The van der Waals surface area contributed by atoms with Crippen molar-refractivity contribution in [2.45, 2.75) is 72.6 Å². The third-order valence-electron chi connectivity index (χ3n) is 7.43. The van der Waals surface area contributed by atoms with Gasteiger partial charge in [0.15, 0.2) is 5.78 Å². The molecule has 0 saturated heterocycles. The lowest BCUT2D eigenvalue weighted by atomic mass is 9.90. The Bertz CT molecular complexity index is 1180. The lowest BCUT2D eigenvalue weighted by molar-refractivity contribution is -0.111. The Morgan fingerprint density at radius 2 is 2.00 bits per heavy atom. The largest absolute Gasteiger partial charge is 0.290 e. The van der Waals surface area contributed by atoms with Gasteiger partial charge in [-0.05, 0) is 93.1 Å². The quantitative estimate of drug-likeness (QED) is 0.0949. The van der Waals surface area contributed by atoms with Gasteiger partial charge in [0.2, 0.25) is 0 Å². The molecule has 0 aromatic heterocycles. The molecule has 0 aromatic carbocycles. The first-order chi connectivity index (χ1) is 18.1. The van der Waals surface area contributed by atoms with Crippen LogP contribution in [-0.4, -0.2) is 24.3 Å². The zero-order valence-corrected chi connectivity index (χ0v) is 24.3. The van der Waals surface area contributed by atoms with Gasteiger partial charge in [0, 0.05) is 25.3 Å². The van der Waals surface area contributed by atoms with E-state index in [1.807, 2.05) is 25.2 Å². The van der Waals surface area contributed by atoms with Crippen LogP contribution < -0.4 is 0 Å². The molecule has 202 valence electrons. The predicted molar refractivity (Wildman–Crippen MR) is 167 cm³/mol. The van der Waals surface area contributed by atoms with Crippen LogP contribution in [0.2, 0.25) is 0 Å². The molecule has 0 radical (unpaired) electrons. The number of rotatable bonds is 10. The minimum Gasteiger partial charge on any atom is -0.290 e. The van der Waals surface area contributed by atoms with Crippen LogP contribution in [0.1, 0.15) is 72.6 Å². The molecule has 2 rings (SSSR count). The topological polar surface area (TPSA) is 41.8 Å². The van der Waals surface area contributed by atoms with E-state index in [0.29, 0.717) is 29.3 Å². The molecule has 2 atom stereocenters. The fourth-order valence-corrected chi connectivity index (χ4v) is 4.94. The first kappa shape index (κ1) is 30.9. The van der Waals surface area contributed by atoms with Crippen molar-refractivity contribution in [1.29, 1.82) is 0 Å². The summed E-state index contributed by atoms with van der Waals surface area (Å²) in [7, 11) is 1.74.